The van der Waals surface area contributed by atoms with Gasteiger partial charge in [0.15, 0.2) is 0 Å². The van der Waals surface area contributed by atoms with Crippen LogP contribution in [0.15, 0.2) is 94.5 Å². The standard InChI is InChI=1S/C31H31ClN6O3/c1-4-37(5-2)23-17-15-22(16-18-23)19-28(34-29(39)25-13-9-10-14-27(25)32)30(40)35-33-20-26-21(3)36-38(31(26)41)24-11-7-6-8-12-24/h6-20,36H,4-5H2,1-3H3,(H,34,39)(H,35,40)/b28-19+,33-20-. The van der Waals surface area contributed by atoms with Crippen LogP contribution in [-0.4, -0.2) is 40.9 Å². The molecule has 0 aliphatic rings. The molecule has 3 aromatic carbocycles. The number of carbonyl (C=O) groups is 2. The van der Waals surface area contributed by atoms with Crippen LogP contribution in [0, 0.1) is 6.92 Å². The molecule has 0 fully saturated rings. The molecule has 9 nitrogen and oxygen atoms in total. The van der Waals surface area contributed by atoms with Gasteiger partial charge in [-0.15, -0.1) is 0 Å². The molecule has 0 atom stereocenters. The molecular formula is C31H31ClN6O3. The van der Waals surface area contributed by atoms with E-state index in [1.165, 1.54) is 10.9 Å². The highest BCUT2D eigenvalue weighted by atomic mass is 35.5. The summed E-state index contributed by atoms with van der Waals surface area (Å²) in [5.41, 5.74) is 5.55. The number of benzene rings is 3. The summed E-state index contributed by atoms with van der Waals surface area (Å²) in [6, 6.07) is 23.3. The zero-order chi connectivity index (χ0) is 29.4. The molecule has 4 rings (SSSR count). The van der Waals surface area contributed by atoms with Crippen molar-refractivity contribution in [2.75, 3.05) is 18.0 Å². The van der Waals surface area contributed by atoms with Gasteiger partial charge in [-0.3, -0.25) is 19.5 Å². The van der Waals surface area contributed by atoms with E-state index in [1.807, 2.05) is 42.5 Å². The summed E-state index contributed by atoms with van der Waals surface area (Å²) in [5.74, 6) is -1.22. The summed E-state index contributed by atoms with van der Waals surface area (Å²) in [4.78, 5) is 41.4. The van der Waals surface area contributed by atoms with Gasteiger partial charge < -0.3 is 10.2 Å². The highest BCUT2D eigenvalue weighted by molar-refractivity contribution is 6.34. The lowest BCUT2D eigenvalue weighted by Crippen LogP contribution is -2.33. The summed E-state index contributed by atoms with van der Waals surface area (Å²) in [5, 5.41) is 9.92. The van der Waals surface area contributed by atoms with E-state index in [0.29, 0.717) is 16.9 Å². The molecule has 0 spiro atoms. The summed E-state index contributed by atoms with van der Waals surface area (Å²) in [6.45, 7) is 7.62. The molecule has 4 aromatic rings. The maximum absolute atomic E-state index is 13.2. The Bertz CT molecular complexity index is 1630. The Hall–Kier alpha value is -4.89. The van der Waals surface area contributed by atoms with Crippen LogP contribution in [0.3, 0.4) is 0 Å². The van der Waals surface area contributed by atoms with Gasteiger partial charge in [0.1, 0.15) is 5.70 Å². The molecule has 1 heterocycles. The van der Waals surface area contributed by atoms with Crippen LogP contribution < -0.4 is 21.2 Å². The fourth-order valence-electron chi connectivity index (χ4n) is 4.22. The van der Waals surface area contributed by atoms with Crippen LogP contribution in [0.5, 0.6) is 0 Å². The lowest BCUT2D eigenvalue weighted by atomic mass is 10.1. The van der Waals surface area contributed by atoms with E-state index in [2.05, 4.69) is 39.7 Å². The molecule has 0 aliphatic carbocycles. The van der Waals surface area contributed by atoms with Gasteiger partial charge >= 0.3 is 0 Å². The SMILES string of the molecule is CCN(CC)c1ccc(/C=C(/NC(=O)c2ccccc2Cl)C(=O)N/N=C\c2c(C)[nH]n(-c3ccccc3)c2=O)cc1. The molecule has 3 N–H and O–H groups in total. The second kappa shape index (κ2) is 13.5. The number of rotatable bonds is 10. The van der Waals surface area contributed by atoms with E-state index >= 15 is 0 Å². The first kappa shape index (κ1) is 29.1. The van der Waals surface area contributed by atoms with E-state index in [-0.39, 0.29) is 27.4 Å². The number of anilines is 1. The van der Waals surface area contributed by atoms with Crippen LogP contribution in [0.4, 0.5) is 5.69 Å². The van der Waals surface area contributed by atoms with Crippen LogP contribution in [-0.2, 0) is 4.79 Å². The molecule has 0 aliphatic heterocycles. The number of carbonyl (C=O) groups excluding carboxylic acids is 2. The third kappa shape index (κ3) is 7.01. The molecule has 0 bridgehead atoms. The van der Waals surface area contributed by atoms with Crippen molar-refractivity contribution in [3.63, 3.8) is 0 Å². The first-order chi connectivity index (χ1) is 19.8. The van der Waals surface area contributed by atoms with Gasteiger partial charge in [-0.25, -0.2) is 10.1 Å². The van der Waals surface area contributed by atoms with Crippen molar-refractivity contribution in [2.45, 2.75) is 20.8 Å². The molecule has 0 unspecified atom stereocenters. The molecule has 210 valence electrons. The number of nitrogens with one attached hydrogen (secondary N) is 3. The number of halogens is 1. The van der Waals surface area contributed by atoms with Gasteiger partial charge in [-0.2, -0.15) is 5.10 Å². The van der Waals surface area contributed by atoms with Crippen molar-refractivity contribution in [2.24, 2.45) is 5.10 Å². The van der Waals surface area contributed by atoms with Crippen molar-refractivity contribution in [1.82, 2.24) is 20.5 Å². The Morgan fingerprint density at radius 3 is 2.29 bits per heavy atom. The Labute approximate surface area is 243 Å². The predicted molar refractivity (Wildman–Crippen MR) is 164 cm³/mol. The highest BCUT2D eigenvalue weighted by Crippen LogP contribution is 2.18. The van der Waals surface area contributed by atoms with Crippen molar-refractivity contribution >= 4 is 41.4 Å². The van der Waals surface area contributed by atoms with Crippen molar-refractivity contribution in [3.8, 4) is 5.69 Å². The lowest BCUT2D eigenvalue weighted by Gasteiger charge is -2.21. The molecule has 1 aromatic heterocycles. The maximum atomic E-state index is 13.2. The second-order valence-corrected chi connectivity index (χ2v) is 9.49. The minimum atomic E-state index is -0.675. The number of amides is 2. The van der Waals surface area contributed by atoms with Gasteiger partial charge in [0, 0.05) is 24.5 Å². The fraction of sp³-hybridized carbons (Fsp3) is 0.161. The van der Waals surface area contributed by atoms with E-state index < -0.39 is 11.8 Å². The largest absolute Gasteiger partial charge is 0.372 e. The second-order valence-electron chi connectivity index (χ2n) is 9.08. The van der Waals surface area contributed by atoms with Gasteiger partial charge in [-0.05, 0) is 68.8 Å². The Morgan fingerprint density at radius 2 is 1.63 bits per heavy atom. The minimum absolute atomic E-state index is 0.0462. The van der Waals surface area contributed by atoms with Crippen LogP contribution in [0.25, 0.3) is 11.8 Å². The van der Waals surface area contributed by atoms with Crippen LogP contribution in [0.1, 0.15) is 41.0 Å². The smallest absolute Gasteiger partial charge is 0.287 e. The van der Waals surface area contributed by atoms with Crippen molar-refractivity contribution in [3.05, 3.63) is 122 Å². The third-order valence-corrected chi connectivity index (χ3v) is 6.76. The Balaban J connectivity index is 1.59. The number of aryl methyl sites for hydroxylation is 1. The van der Waals surface area contributed by atoms with E-state index in [4.69, 9.17) is 11.6 Å². The average Bonchev–Trinajstić information content (AvgIpc) is 3.27. The van der Waals surface area contributed by atoms with E-state index in [9.17, 15) is 14.4 Å². The van der Waals surface area contributed by atoms with Gasteiger partial charge in [0.25, 0.3) is 17.4 Å². The summed E-state index contributed by atoms with van der Waals surface area (Å²) >= 11 is 6.20. The average molecular weight is 571 g/mol. The fourth-order valence-corrected chi connectivity index (χ4v) is 4.44. The normalized spacial score (nSPS) is 11.5. The van der Waals surface area contributed by atoms with E-state index in [0.717, 1.165) is 18.8 Å². The summed E-state index contributed by atoms with van der Waals surface area (Å²) < 4.78 is 1.40. The first-order valence-corrected chi connectivity index (χ1v) is 13.5. The van der Waals surface area contributed by atoms with Crippen LogP contribution in [0.2, 0.25) is 5.02 Å². The zero-order valence-corrected chi connectivity index (χ0v) is 23.8. The summed E-state index contributed by atoms with van der Waals surface area (Å²) in [6.07, 6.45) is 2.83. The molecule has 0 saturated heterocycles. The molecule has 41 heavy (non-hydrogen) atoms. The maximum Gasteiger partial charge on any atom is 0.287 e. The zero-order valence-electron chi connectivity index (χ0n) is 23.0. The van der Waals surface area contributed by atoms with Crippen molar-refractivity contribution in [1.29, 1.82) is 0 Å². The number of aromatic amines is 1. The van der Waals surface area contributed by atoms with Gasteiger partial charge in [0.2, 0.25) is 0 Å². The number of hydrogen-bond donors (Lipinski definition) is 3. The predicted octanol–water partition coefficient (Wildman–Crippen LogP) is 4.89. The summed E-state index contributed by atoms with van der Waals surface area (Å²) in [7, 11) is 0. The molecule has 0 radical (unpaired) electrons. The number of aromatic nitrogens is 2. The molecule has 0 saturated carbocycles. The molecule has 2 amide bonds. The third-order valence-electron chi connectivity index (χ3n) is 6.44. The first-order valence-electron chi connectivity index (χ1n) is 13.1. The number of nitrogens with zero attached hydrogens (tertiary/aromatic N) is 3. The number of hydrogen-bond acceptors (Lipinski definition) is 5. The van der Waals surface area contributed by atoms with Gasteiger partial charge in [-0.1, -0.05) is 54.1 Å². The molecule has 10 heteroatoms. The Kier molecular flexibility index (Phi) is 9.55. The van der Waals surface area contributed by atoms with Gasteiger partial charge in [0.05, 0.1) is 28.1 Å². The van der Waals surface area contributed by atoms with Crippen LogP contribution >= 0.6 is 11.6 Å². The minimum Gasteiger partial charge on any atom is -0.372 e. The Morgan fingerprint density at radius 1 is 0.976 bits per heavy atom. The topological polar surface area (TPSA) is 112 Å². The van der Waals surface area contributed by atoms with E-state index in [1.54, 1.807) is 49.4 Å². The highest BCUT2D eigenvalue weighted by Gasteiger charge is 2.17. The number of H-pyrrole nitrogens is 1. The quantitative estimate of drug-likeness (QED) is 0.143. The molecular weight excluding hydrogens is 540 g/mol. The van der Waals surface area contributed by atoms with Crippen molar-refractivity contribution < 1.29 is 9.59 Å². The lowest BCUT2D eigenvalue weighted by molar-refractivity contribution is -0.117. The number of para-hydroxylation sites is 1. The number of hydrazone groups is 1. The monoisotopic (exact) mass is 570 g/mol.